The second-order valence-corrected chi connectivity index (χ2v) is 9.63. The van der Waals surface area contributed by atoms with Crippen molar-refractivity contribution < 1.29 is 9.59 Å². The van der Waals surface area contributed by atoms with Crippen LogP contribution in [0.4, 0.5) is 0 Å². The number of carbonyl (C=O) groups excluding carboxylic acids is 2. The van der Waals surface area contributed by atoms with E-state index >= 15 is 0 Å². The molecule has 1 aromatic heterocycles. The van der Waals surface area contributed by atoms with E-state index in [9.17, 15) is 9.59 Å². The number of aryl methyl sites for hydroxylation is 1. The van der Waals surface area contributed by atoms with Crippen molar-refractivity contribution in [2.45, 2.75) is 77.9 Å². The van der Waals surface area contributed by atoms with Crippen LogP contribution in [0.5, 0.6) is 0 Å². The van der Waals surface area contributed by atoms with Crippen molar-refractivity contribution in [1.82, 2.24) is 20.1 Å². The summed E-state index contributed by atoms with van der Waals surface area (Å²) in [5.74, 6) is 0.546. The molecule has 164 valence electrons. The van der Waals surface area contributed by atoms with E-state index in [1.807, 2.05) is 11.8 Å². The number of carbonyl (C=O) groups is 2. The van der Waals surface area contributed by atoms with Crippen LogP contribution in [0, 0.1) is 12.8 Å². The van der Waals surface area contributed by atoms with Crippen LogP contribution in [0.1, 0.15) is 63.6 Å². The van der Waals surface area contributed by atoms with Gasteiger partial charge in [0.25, 0.3) is 0 Å². The highest BCUT2D eigenvalue weighted by Crippen LogP contribution is 2.34. The van der Waals surface area contributed by atoms with Gasteiger partial charge in [-0.25, -0.2) is 4.98 Å². The first-order valence-electron chi connectivity index (χ1n) is 10.6. The van der Waals surface area contributed by atoms with Crippen LogP contribution >= 0.6 is 23.7 Å². The molecule has 2 saturated heterocycles. The Hall–Kier alpha value is -1.18. The fourth-order valence-electron chi connectivity index (χ4n) is 4.39. The van der Waals surface area contributed by atoms with Crippen LogP contribution in [0.15, 0.2) is 5.38 Å². The predicted octanol–water partition coefficient (Wildman–Crippen LogP) is 3.38. The molecule has 1 atom stereocenters. The van der Waals surface area contributed by atoms with E-state index in [1.54, 1.807) is 11.3 Å². The Morgan fingerprint density at radius 2 is 2.00 bits per heavy atom. The van der Waals surface area contributed by atoms with Crippen molar-refractivity contribution in [2.24, 2.45) is 5.92 Å². The number of likely N-dealkylation sites (tertiary alicyclic amines) is 1. The Morgan fingerprint density at radius 1 is 1.31 bits per heavy atom. The first-order valence-corrected chi connectivity index (χ1v) is 11.5. The van der Waals surface area contributed by atoms with Gasteiger partial charge >= 0.3 is 0 Å². The molecule has 2 fully saturated rings. The second kappa shape index (κ2) is 10.2. The normalized spacial score (nSPS) is 22.1. The highest BCUT2D eigenvalue weighted by molar-refractivity contribution is 7.09. The Balaban J connectivity index is 0.00000300. The van der Waals surface area contributed by atoms with Crippen LogP contribution in [-0.2, 0) is 16.1 Å². The van der Waals surface area contributed by atoms with Gasteiger partial charge < -0.3 is 10.2 Å². The lowest BCUT2D eigenvalue weighted by Crippen LogP contribution is -2.73. The summed E-state index contributed by atoms with van der Waals surface area (Å²) in [5.41, 5.74) is 0.391. The van der Waals surface area contributed by atoms with Gasteiger partial charge in [-0.1, -0.05) is 27.2 Å². The third kappa shape index (κ3) is 5.30. The van der Waals surface area contributed by atoms with E-state index in [0.717, 1.165) is 43.2 Å². The molecule has 0 radical (unpaired) electrons. The highest BCUT2D eigenvalue weighted by atomic mass is 35.5. The minimum absolute atomic E-state index is 0. The fourth-order valence-corrected chi connectivity index (χ4v) is 5.21. The maximum Gasteiger partial charge on any atom is 0.246 e. The van der Waals surface area contributed by atoms with Crippen LogP contribution in [0.3, 0.4) is 0 Å². The van der Waals surface area contributed by atoms with Crippen molar-refractivity contribution in [3.63, 3.8) is 0 Å². The van der Waals surface area contributed by atoms with Gasteiger partial charge in [-0.15, -0.1) is 23.7 Å². The molecule has 1 aromatic rings. The first kappa shape index (κ1) is 24.1. The highest BCUT2D eigenvalue weighted by Gasteiger charge is 2.53. The number of rotatable bonds is 7. The van der Waals surface area contributed by atoms with Crippen molar-refractivity contribution in [3.8, 4) is 0 Å². The summed E-state index contributed by atoms with van der Waals surface area (Å²) in [7, 11) is 0. The van der Waals surface area contributed by atoms with Crippen molar-refractivity contribution in [2.75, 3.05) is 19.6 Å². The first-order chi connectivity index (χ1) is 13.4. The molecule has 0 aromatic carbocycles. The number of hydrogen-bond acceptors (Lipinski definition) is 5. The number of halogens is 1. The van der Waals surface area contributed by atoms with Crippen LogP contribution in [0.2, 0.25) is 0 Å². The van der Waals surface area contributed by atoms with Gasteiger partial charge in [-0.3, -0.25) is 14.5 Å². The lowest BCUT2D eigenvalue weighted by atomic mass is 9.80. The van der Waals surface area contributed by atoms with Crippen LogP contribution < -0.4 is 5.32 Å². The molecular formula is C21H35ClN4O2S. The number of thiazole rings is 1. The lowest BCUT2D eigenvalue weighted by molar-refractivity contribution is -0.161. The maximum atomic E-state index is 13.3. The minimum atomic E-state index is -0.672. The average molecular weight is 443 g/mol. The zero-order chi connectivity index (χ0) is 20.3. The third-order valence-electron chi connectivity index (χ3n) is 5.96. The monoisotopic (exact) mass is 442 g/mol. The van der Waals surface area contributed by atoms with E-state index < -0.39 is 5.54 Å². The summed E-state index contributed by atoms with van der Waals surface area (Å²) >= 11 is 1.69. The van der Waals surface area contributed by atoms with E-state index in [1.165, 1.54) is 0 Å². The Morgan fingerprint density at radius 3 is 2.55 bits per heavy atom. The van der Waals surface area contributed by atoms with Gasteiger partial charge in [0.15, 0.2) is 0 Å². The number of amides is 2. The quantitative estimate of drug-likeness (QED) is 0.702. The van der Waals surface area contributed by atoms with Gasteiger partial charge in [0.2, 0.25) is 11.8 Å². The summed E-state index contributed by atoms with van der Waals surface area (Å²) < 4.78 is 0. The molecule has 8 heteroatoms. The number of hydrogen-bond donors (Lipinski definition) is 1. The van der Waals surface area contributed by atoms with Crippen LogP contribution in [-0.4, -0.2) is 57.8 Å². The molecule has 0 aliphatic carbocycles. The van der Waals surface area contributed by atoms with E-state index in [4.69, 9.17) is 0 Å². The largest absolute Gasteiger partial charge is 0.342 e. The Kier molecular flexibility index (Phi) is 8.49. The zero-order valence-electron chi connectivity index (χ0n) is 18.1. The van der Waals surface area contributed by atoms with Crippen molar-refractivity contribution in [1.29, 1.82) is 0 Å². The number of aromatic nitrogens is 1. The van der Waals surface area contributed by atoms with Gasteiger partial charge in [0, 0.05) is 30.7 Å². The number of nitrogens with one attached hydrogen (secondary N) is 1. The van der Waals surface area contributed by atoms with Gasteiger partial charge in [-0.05, 0) is 38.5 Å². The van der Waals surface area contributed by atoms with Gasteiger partial charge in [-0.2, -0.15) is 0 Å². The van der Waals surface area contributed by atoms with E-state index in [-0.39, 0.29) is 30.3 Å². The van der Waals surface area contributed by atoms with Crippen LogP contribution in [0.25, 0.3) is 0 Å². The van der Waals surface area contributed by atoms with E-state index in [0.29, 0.717) is 31.7 Å². The van der Waals surface area contributed by atoms with E-state index in [2.05, 4.69) is 41.4 Å². The zero-order valence-corrected chi connectivity index (χ0v) is 19.7. The number of unbranched alkanes of at least 4 members (excludes halogenated alkanes) is 1. The number of piperazine rings is 1. The van der Waals surface area contributed by atoms with Gasteiger partial charge in [0.1, 0.15) is 16.6 Å². The molecule has 3 heterocycles. The smallest absolute Gasteiger partial charge is 0.246 e. The predicted molar refractivity (Wildman–Crippen MR) is 119 cm³/mol. The molecule has 1 unspecified atom stereocenters. The fraction of sp³-hybridized carbons (Fsp3) is 0.762. The molecule has 2 aliphatic heterocycles. The molecule has 6 nitrogen and oxygen atoms in total. The average Bonchev–Trinajstić information content (AvgIpc) is 3.06. The molecule has 0 saturated carbocycles. The molecule has 3 rings (SSSR count). The summed E-state index contributed by atoms with van der Waals surface area (Å²) in [4.78, 5) is 35.3. The summed E-state index contributed by atoms with van der Waals surface area (Å²) in [6.45, 7) is 11.5. The Bertz CT molecular complexity index is 701. The van der Waals surface area contributed by atoms with Crippen molar-refractivity contribution >= 4 is 35.6 Å². The SMILES string of the molecule is CCCCN1C(=O)C(CC(C)C)NC(=O)C12CCN(Cc1nc(C)cs1)CC2.Cl. The number of piperidine rings is 1. The molecular weight excluding hydrogens is 408 g/mol. The summed E-state index contributed by atoms with van der Waals surface area (Å²) in [5, 5.41) is 6.27. The maximum absolute atomic E-state index is 13.3. The topological polar surface area (TPSA) is 65.5 Å². The molecule has 29 heavy (non-hydrogen) atoms. The number of nitrogens with zero attached hydrogens (tertiary/aromatic N) is 3. The molecule has 0 bridgehead atoms. The molecule has 2 amide bonds. The molecule has 1 N–H and O–H groups in total. The second-order valence-electron chi connectivity index (χ2n) is 8.69. The third-order valence-corrected chi connectivity index (χ3v) is 6.91. The summed E-state index contributed by atoms with van der Waals surface area (Å²) in [6.07, 6.45) is 4.07. The van der Waals surface area contributed by atoms with Crippen molar-refractivity contribution in [3.05, 3.63) is 16.1 Å². The Labute approximate surface area is 184 Å². The van der Waals surface area contributed by atoms with Gasteiger partial charge in [0.05, 0.1) is 6.54 Å². The minimum Gasteiger partial charge on any atom is -0.342 e. The summed E-state index contributed by atoms with van der Waals surface area (Å²) in [6, 6.07) is -0.369. The molecule has 2 aliphatic rings. The molecule has 1 spiro atoms. The standard InChI is InChI=1S/C21H34N4O2S.ClH/c1-5-6-9-25-19(26)17(12-15(2)3)23-20(27)21(25)7-10-24(11-8-21)13-18-22-16(4)14-28-18;/h14-15,17H,5-13H2,1-4H3,(H,23,27);1H. The lowest BCUT2D eigenvalue weighted by Gasteiger charge is -2.51.